The van der Waals surface area contributed by atoms with E-state index in [4.69, 9.17) is 10.5 Å². The Bertz CT molecular complexity index is 460. The van der Waals surface area contributed by atoms with Crippen molar-refractivity contribution >= 4 is 11.7 Å². The molecule has 1 aliphatic rings. The quantitative estimate of drug-likeness (QED) is 0.786. The first-order valence-corrected chi connectivity index (χ1v) is 6.79. The first-order valence-electron chi connectivity index (χ1n) is 6.79. The predicted octanol–water partition coefficient (Wildman–Crippen LogP) is -0.296. The van der Waals surface area contributed by atoms with Crippen LogP contribution in [0.1, 0.15) is 18.4 Å². The fourth-order valence-electron chi connectivity index (χ4n) is 2.27. The molecule has 1 unspecified atom stereocenters. The minimum absolute atomic E-state index is 0.0205. The van der Waals surface area contributed by atoms with Gasteiger partial charge in [0.25, 0.3) is 0 Å². The van der Waals surface area contributed by atoms with Gasteiger partial charge in [0.05, 0.1) is 19.8 Å². The Morgan fingerprint density at radius 3 is 3.10 bits per heavy atom. The molecule has 0 spiro atoms. The third-order valence-electron chi connectivity index (χ3n) is 3.16. The van der Waals surface area contributed by atoms with E-state index in [-0.39, 0.29) is 11.9 Å². The molecule has 0 radical (unpaired) electrons. The topological polar surface area (TPSA) is 93.4 Å². The number of ether oxygens (including phenoxy) is 1. The molecular weight excluding hydrogens is 258 g/mol. The maximum absolute atomic E-state index is 12.0. The van der Waals surface area contributed by atoms with Gasteiger partial charge in [-0.1, -0.05) is 0 Å². The van der Waals surface area contributed by atoms with Crippen molar-refractivity contribution < 1.29 is 9.53 Å². The second-order valence-electron chi connectivity index (χ2n) is 4.81. The molecular formula is C13H21N5O2. The van der Waals surface area contributed by atoms with Gasteiger partial charge in [-0.2, -0.15) is 0 Å². The molecule has 7 heteroatoms. The number of hydrogen-bond acceptors (Lipinski definition) is 6. The van der Waals surface area contributed by atoms with Crippen LogP contribution in [0.2, 0.25) is 0 Å². The zero-order valence-corrected chi connectivity index (χ0v) is 11.9. The van der Waals surface area contributed by atoms with Crippen molar-refractivity contribution in [2.24, 2.45) is 0 Å². The Balaban J connectivity index is 2.10. The van der Waals surface area contributed by atoms with Crippen LogP contribution in [0.25, 0.3) is 0 Å². The summed E-state index contributed by atoms with van der Waals surface area (Å²) in [5, 5.41) is 2.83. The normalized spacial score (nSPS) is 19.8. The van der Waals surface area contributed by atoms with E-state index in [0.29, 0.717) is 44.5 Å². The van der Waals surface area contributed by atoms with Gasteiger partial charge in [-0.15, -0.1) is 0 Å². The van der Waals surface area contributed by atoms with Crippen molar-refractivity contribution in [3.8, 4) is 0 Å². The van der Waals surface area contributed by atoms with Crippen LogP contribution in [-0.2, 0) is 16.1 Å². The summed E-state index contributed by atoms with van der Waals surface area (Å²) in [6.45, 7) is 6.57. The van der Waals surface area contributed by atoms with E-state index >= 15 is 0 Å². The van der Waals surface area contributed by atoms with Crippen molar-refractivity contribution in [1.29, 1.82) is 0 Å². The number of rotatable bonds is 4. The molecule has 0 aromatic carbocycles. The lowest BCUT2D eigenvalue weighted by Gasteiger charge is -2.33. The van der Waals surface area contributed by atoms with E-state index in [0.717, 1.165) is 5.69 Å². The SMILES string of the molecule is CCNC(=O)C1COCCN1Cc1nc(C)cc(N)n1. The lowest BCUT2D eigenvalue weighted by Crippen LogP contribution is -2.53. The van der Waals surface area contributed by atoms with E-state index in [1.54, 1.807) is 6.07 Å². The number of likely N-dealkylation sites (N-methyl/N-ethyl adjacent to an activating group) is 1. The molecule has 20 heavy (non-hydrogen) atoms. The molecule has 1 amide bonds. The first-order chi connectivity index (χ1) is 9.60. The number of amides is 1. The third kappa shape index (κ3) is 3.64. The van der Waals surface area contributed by atoms with E-state index < -0.39 is 0 Å². The number of carbonyl (C=O) groups is 1. The lowest BCUT2D eigenvalue weighted by atomic mass is 10.2. The lowest BCUT2D eigenvalue weighted by molar-refractivity contribution is -0.132. The van der Waals surface area contributed by atoms with E-state index in [1.807, 2.05) is 18.7 Å². The minimum atomic E-state index is -0.297. The van der Waals surface area contributed by atoms with Crippen molar-refractivity contribution in [2.45, 2.75) is 26.4 Å². The second kappa shape index (κ2) is 6.62. The summed E-state index contributed by atoms with van der Waals surface area (Å²) in [6, 6.07) is 1.43. The molecule has 1 fully saturated rings. The van der Waals surface area contributed by atoms with Crippen LogP contribution in [0.4, 0.5) is 5.82 Å². The van der Waals surface area contributed by atoms with Crippen LogP contribution in [0.3, 0.4) is 0 Å². The second-order valence-corrected chi connectivity index (χ2v) is 4.81. The van der Waals surface area contributed by atoms with Crippen molar-refractivity contribution in [2.75, 3.05) is 32.0 Å². The molecule has 1 atom stereocenters. The number of nitrogens with two attached hydrogens (primary N) is 1. The van der Waals surface area contributed by atoms with Crippen molar-refractivity contribution in [1.82, 2.24) is 20.2 Å². The molecule has 1 aromatic heterocycles. The molecule has 0 bridgehead atoms. The van der Waals surface area contributed by atoms with Gasteiger partial charge in [-0.3, -0.25) is 9.69 Å². The highest BCUT2D eigenvalue weighted by molar-refractivity contribution is 5.81. The zero-order valence-electron chi connectivity index (χ0n) is 11.9. The smallest absolute Gasteiger partial charge is 0.239 e. The largest absolute Gasteiger partial charge is 0.384 e. The van der Waals surface area contributed by atoms with Crippen LogP contribution in [0, 0.1) is 6.92 Å². The molecule has 1 aromatic rings. The van der Waals surface area contributed by atoms with Crippen LogP contribution < -0.4 is 11.1 Å². The van der Waals surface area contributed by atoms with Gasteiger partial charge in [-0.25, -0.2) is 9.97 Å². The number of hydrogen-bond donors (Lipinski definition) is 2. The Hall–Kier alpha value is -1.73. The number of anilines is 1. The predicted molar refractivity (Wildman–Crippen MR) is 74.9 cm³/mol. The Kier molecular flexibility index (Phi) is 4.86. The van der Waals surface area contributed by atoms with Gasteiger partial charge in [0, 0.05) is 24.8 Å². The summed E-state index contributed by atoms with van der Waals surface area (Å²) < 4.78 is 5.40. The first kappa shape index (κ1) is 14.7. The fourth-order valence-corrected chi connectivity index (χ4v) is 2.27. The average molecular weight is 279 g/mol. The van der Waals surface area contributed by atoms with Gasteiger partial charge >= 0.3 is 0 Å². The molecule has 1 saturated heterocycles. The highest BCUT2D eigenvalue weighted by Crippen LogP contribution is 2.12. The molecule has 7 nitrogen and oxygen atoms in total. The Morgan fingerprint density at radius 2 is 2.40 bits per heavy atom. The van der Waals surface area contributed by atoms with E-state index in [2.05, 4.69) is 15.3 Å². The van der Waals surface area contributed by atoms with Gasteiger partial charge in [0.2, 0.25) is 5.91 Å². The summed E-state index contributed by atoms with van der Waals surface area (Å²) in [7, 11) is 0. The minimum Gasteiger partial charge on any atom is -0.384 e. The van der Waals surface area contributed by atoms with Crippen LogP contribution >= 0.6 is 0 Å². The van der Waals surface area contributed by atoms with Crippen molar-refractivity contribution in [3.05, 3.63) is 17.6 Å². The number of aryl methyl sites for hydroxylation is 1. The molecule has 3 N–H and O–H groups in total. The molecule has 2 heterocycles. The van der Waals surface area contributed by atoms with Crippen molar-refractivity contribution in [3.63, 3.8) is 0 Å². The van der Waals surface area contributed by atoms with Gasteiger partial charge < -0.3 is 15.8 Å². The highest BCUT2D eigenvalue weighted by Gasteiger charge is 2.29. The summed E-state index contributed by atoms with van der Waals surface area (Å²) in [4.78, 5) is 22.6. The van der Waals surface area contributed by atoms with Gasteiger partial charge in [0.15, 0.2) is 0 Å². The summed E-state index contributed by atoms with van der Waals surface area (Å²) in [5.41, 5.74) is 6.56. The fraction of sp³-hybridized carbons (Fsp3) is 0.615. The van der Waals surface area contributed by atoms with Crippen LogP contribution in [0.5, 0.6) is 0 Å². The molecule has 1 aliphatic heterocycles. The van der Waals surface area contributed by atoms with E-state index in [9.17, 15) is 4.79 Å². The maximum atomic E-state index is 12.0. The van der Waals surface area contributed by atoms with Crippen LogP contribution in [-0.4, -0.2) is 53.1 Å². The molecule has 0 saturated carbocycles. The number of nitrogen functional groups attached to an aromatic ring is 1. The van der Waals surface area contributed by atoms with E-state index in [1.165, 1.54) is 0 Å². The number of aromatic nitrogens is 2. The Morgan fingerprint density at radius 1 is 1.60 bits per heavy atom. The standard InChI is InChI=1S/C13H21N5O2/c1-3-15-13(19)10-8-20-5-4-18(10)7-12-16-9(2)6-11(14)17-12/h6,10H,3-5,7-8H2,1-2H3,(H,15,19)(H2,14,16,17). The molecule has 110 valence electrons. The average Bonchev–Trinajstić information content (AvgIpc) is 2.38. The van der Waals surface area contributed by atoms with Gasteiger partial charge in [-0.05, 0) is 13.8 Å². The highest BCUT2D eigenvalue weighted by atomic mass is 16.5. The number of nitrogens with zero attached hydrogens (tertiary/aromatic N) is 3. The van der Waals surface area contributed by atoms with Gasteiger partial charge in [0.1, 0.15) is 17.7 Å². The van der Waals surface area contributed by atoms with Crippen LogP contribution in [0.15, 0.2) is 6.07 Å². The molecule has 0 aliphatic carbocycles. The summed E-state index contributed by atoms with van der Waals surface area (Å²) in [5.74, 6) is 1.07. The number of morpholine rings is 1. The zero-order chi connectivity index (χ0) is 14.5. The third-order valence-corrected chi connectivity index (χ3v) is 3.16. The summed E-state index contributed by atoms with van der Waals surface area (Å²) >= 11 is 0. The number of carbonyl (C=O) groups excluding carboxylic acids is 1. The number of nitrogens with one attached hydrogen (secondary N) is 1. The maximum Gasteiger partial charge on any atom is 0.239 e. The Labute approximate surface area is 118 Å². The summed E-state index contributed by atoms with van der Waals surface area (Å²) in [6.07, 6.45) is 0. The molecule has 2 rings (SSSR count). The monoisotopic (exact) mass is 279 g/mol.